The summed E-state index contributed by atoms with van der Waals surface area (Å²) in [5.41, 5.74) is 0.984. The van der Waals surface area contributed by atoms with Crippen molar-refractivity contribution < 1.29 is 5.11 Å². The van der Waals surface area contributed by atoms with E-state index in [-0.39, 0.29) is 12.1 Å². The van der Waals surface area contributed by atoms with Crippen LogP contribution in [0.4, 0.5) is 0 Å². The van der Waals surface area contributed by atoms with Crippen molar-refractivity contribution in [2.75, 3.05) is 6.54 Å². The molecule has 1 aromatic rings. The van der Waals surface area contributed by atoms with Crippen molar-refractivity contribution in [3.05, 3.63) is 17.7 Å². The lowest BCUT2D eigenvalue weighted by Crippen LogP contribution is -2.21. The molecule has 0 aromatic carbocycles. The zero-order chi connectivity index (χ0) is 8.55. The molecule has 12 heavy (non-hydrogen) atoms. The predicted molar refractivity (Wildman–Crippen MR) is 44.7 cm³/mol. The van der Waals surface area contributed by atoms with E-state index < -0.39 is 0 Å². The zero-order valence-electron chi connectivity index (χ0n) is 7.04. The maximum atomic E-state index is 9.54. The molecule has 1 saturated heterocycles. The summed E-state index contributed by atoms with van der Waals surface area (Å²) in [7, 11) is 0. The Balaban J connectivity index is 2.19. The van der Waals surface area contributed by atoms with Crippen molar-refractivity contribution in [3.8, 4) is 0 Å². The minimum absolute atomic E-state index is 0.0474. The standard InChI is InChI=1S/C8H13N3O/c1-5-10-4-6(11-5)8-7(12)2-3-9-8/h4,7-9,12H,2-3H2,1H3,(H,10,11). The zero-order valence-corrected chi connectivity index (χ0v) is 7.04. The first-order valence-corrected chi connectivity index (χ1v) is 4.20. The number of hydrogen-bond acceptors (Lipinski definition) is 3. The van der Waals surface area contributed by atoms with E-state index in [4.69, 9.17) is 0 Å². The number of H-pyrrole nitrogens is 1. The summed E-state index contributed by atoms with van der Waals surface area (Å²) >= 11 is 0. The molecular weight excluding hydrogens is 154 g/mol. The van der Waals surface area contributed by atoms with Crippen molar-refractivity contribution in [2.24, 2.45) is 0 Å². The first-order valence-electron chi connectivity index (χ1n) is 4.20. The Labute approximate surface area is 71.0 Å². The van der Waals surface area contributed by atoms with Crippen LogP contribution in [0.1, 0.15) is 24.0 Å². The summed E-state index contributed by atoms with van der Waals surface area (Å²) in [6.07, 6.45) is 2.33. The van der Waals surface area contributed by atoms with Crippen LogP contribution in [0.2, 0.25) is 0 Å². The van der Waals surface area contributed by atoms with Gasteiger partial charge in [0.2, 0.25) is 0 Å². The fraction of sp³-hybridized carbons (Fsp3) is 0.625. The molecule has 0 bridgehead atoms. The van der Waals surface area contributed by atoms with Gasteiger partial charge in [0.1, 0.15) is 5.82 Å². The van der Waals surface area contributed by atoms with Crippen molar-refractivity contribution in [3.63, 3.8) is 0 Å². The molecule has 1 fully saturated rings. The van der Waals surface area contributed by atoms with Crippen molar-refractivity contribution in [1.82, 2.24) is 15.3 Å². The molecule has 4 heteroatoms. The molecule has 1 aliphatic rings. The molecule has 2 rings (SSSR count). The Hall–Kier alpha value is -0.870. The van der Waals surface area contributed by atoms with E-state index in [1.54, 1.807) is 6.20 Å². The molecule has 1 aliphatic heterocycles. The van der Waals surface area contributed by atoms with Gasteiger partial charge in [0, 0.05) is 6.20 Å². The van der Waals surface area contributed by atoms with Crippen molar-refractivity contribution in [2.45, 2.75) is 25.5 Å². The molecule has 3 N–H and O–H groups in total. The Morgan fingerprint density at radius 2 is 2.50 bits per heavy atom. The summed E-state index contributed by atoms with van der Waals surface area (Å²) < 4.78 is 0. The Bertz CT molecular complexity index is 271. The number of aromatic amines is 1. The second kappa shape index (κ2) is 2.88. The third-order valence-corrected chi connectivity index (χ3v) is 2.25. The number of imidazole rings is 1. The summed E-state index contributed by atoms with van der Waals surface area (Å²) in [5, 5.41) is 12.8. The van der Waals surface area contributed by atoms with Crippen LogP contribution in [0.3, 0.4) is 0 Å². The van der Waals surface area contributed by atoms with Crippen LogP contribution in [0.5, 0.6) is 0 Å². The second-order valence-electron chi connectivity index (χ2n) is 3.21. The first-order chi connectivity index (χ1) is 5.77. The monoisotopic (exact) mass is 167 g/mol. The van der Waals surface area contributed by atoms with E-state index in [1.165, 1.54) is 0 Å². The quantitative estimate of drug-likeness (QED) is 0.556. The van der Waals surface area contributed by atoms with E-state index in [2.05, 4.69) is 15.3 Å². The smallest absolute Gasteiger partial charge is 0.103 e. The molecule has 0 amide bonds. The largest absolute Gasteiger partial charge is 0.391 e. The third-order valence-electron chi connectivity index (χ3n) is 2.25. The molecular formula is C8H13N3O. The van der Waals surface area contributed by atoms with Gasteiger partial charge in [-0.05, 0) is 19.9 Å². The van der Waals surface area contributed by atoms with E-state index in [9.17, 15) is 5.11 Å². The van der Waals surface area contributed by atoms with E-state index >= 15 is 0 Å². The van der Waals surface area contributed by atoms with Gasteiger partial charge in [-0.1, -0.05) is 0 Å². The number of aliphatic hydroxyl groups is 1. The predicted octanol–water partition coefficient (Wildman–Crippen LogP) is 0.113. The second-order valence-corrected chi connectivity index (χ2v) is 3.21. The highest BCUT2D eigenvalue weighted by Crippen LogP contribution is 2.21. The average Bonchev–Trinajstić information content (AvgIpc) is 2.58. The summed E-state index contributed by atoms with van der Waals surface area (Å²) in [6.45, 7) is 2.79. The van der Waals surface area contributed by atoms with Gasteiger partial charge in [-0.2, -0.15) is 0 Å². The highest BCUT2D eigenvalue weighted by molar-refractivity contribution is 5.09. The number of aryl methyl sites for hydroxylation is 1. The van der Waals surface area contributed by atoms with Crippen molar-refractivity contribution in [1.29, 1.82) is 0 Å². The van der Waals surface area contributed by atoms with E-state index in [1.807, 2.05) is 6.92 Å². The van der Waals surface area contributed by atoms with Crippen LogP contribution < -0.4 is 5.32 Å². The topological polar surface area (TPSA) is 60.9 Å². The lowest BCUT2D eigenvalue weighted by Gasteiger charge is -2.11. The highest BCUT2D eigenvalue weighted by atomic mass is 16.3. The highest BCUT2D eigenvalue weighted by Gasteiger charge is 2.27. The maximum absolute atomic E-state index is 9.54. The normalized spacial score (nSPS) is 29.5. The lowest BCUT2D eigenvalue weighted by molar-refractivity contribution is 0.158. The minimum Gasteiger partial charge on any atom is -0.391 e. The van der Waals surface area contributed by atoms with Gasteiger partial charge in [-0.25, -0.2) is 4.98 Å². The molecule has 66 valence electrons. The van der Waals surface area contributed by atoms with Gasteiger partial charge in [0.25, 0.3) is 0 Å². The van der Waals surface area contributed by atoms with Gasteiger partial charge < -0.3 is 15.4 Å². The molecule has 4 nitrogen and oxygen atoms in total. The molecule has 2 heterocycles. The van der Waals surface area contributed by atoms with Gasteiger partial charge >= 0.3 is 0 Å². The third kappa shape index (κ3) is 1.23. The minimum atomic E-state index is -0.273. The Morgan fingerprint density at radius 1 is 1.67 bits per heavy atom. The molecule has 0 radical (unpaired) electrons. The van der Waals surface area contributed by atoms with E-state index in [0.29, 0.717) is 0 Å². The van der Waals surface area contributed by atoms with Crippen LogP contribution >= 0.6 is 0 Å². The van der Waals surface area contributed by atoms with Crippen LogP contribution in [0.15, 0.2) is 6.20 Å². The van der Waals surface area contributed by atoms with Gasteiger partial charge in [0.15, 0.2) is 0 Å². The lowest BCUT2D eigenvalue weighted by atomic mass is 10.1. The van der Waals surface area contributed by atoms with Crippen LogP contribution in [-0.4, -0.2) is 27.7 Å². The Kier molecular flexibility index (Phi) is 1.86. The number of aromatic nitrogens is 2. The molecule has 1 aromatic heterocycles. The Morgan fingerprint density at radius 3 is 3.00 bits per heavy atom. The fourth-order valence-electron chi connectivity index (χ4n) is 1.60. The molecule has 0 saturated carbocycles. The summed E-state index contributed by atoms with van der Waals surface area (Å²) in [6, 6.07) is 0.0474. The molecule has 0 spiro atoms. The molecule has 2 unspecified atom stereocenters. The van der Waals surface area contributed by atoms with E-state index in [0.717, 1.165) is 24.5 Å². The summed E-state index contributed by atoms with van der Waals surface area (Å²) in [4.78, 5) is 7.20. The number of nitrogens with zero attached hydrogens (tertiary/aromatic N) is 1. The van der Waals surface area contributed by atoms with Gasteiger partial charge in [-0.3, -0.25) is 0 Å². The van der Waals surface area contributed by atoms with Gasteiger partial charge in [0.05, 0.1) is 17.8 Å². The first kappa shape index (κ1) is 7.76. The number of nitrogens with one attached hydrogen (secondary N) is 2. The van der Waals surface area contributed by atoms with Crippen LogP contribution in [-0.2, 0) is 0 Å². The van der Waals surface area contributed by atoms with Gasteiger partial charge in [-0.15, -0.1) is 0 Å². The maximum Gasteiger partial charge on any atom is 0.103 e. The van der Waals surface area contributed by atoms with Crippen LogP contribution in [0.25, 0.3) is 0 Å². The SMILES string of the molecule is Cc1ncc(C2NCCC2O)[nH]1. The molecule has 2 atom stereocenters. The molecule has 0 aliphatic carbocycles. The fourth-order valence-corrected chi connectivity index (χ4v) is 1.60. The number of hydrogen-bond donors (Lipinski definition) is 3. The summed E-state index contributed by atoms with van der Waals surface area (Å²) in [5.74, 6) is 0.894. The number of aliphatic hydroxyl groups excluding tert-OH is 1. The van der Waals surface area contributed by atoms with Crippen LogP contribution in [0, 0.1) is 6.92 Å². The van der Waals surface area contributed by atoms with Crippen molar-refractivity contribution >= 4 is 0 Å². The average molecular weight is 167 g/mol. The number of rotatable bonds is 1.